The fourth-order valence-electron chi connectivity index (χ4n) is 0.997. The highest BCUT2D eigenvalue weighted by Gasteiger charge is 2.00. The van der Waals surface area contributed by atoms with Gasteiger partial charge in [-0.2, -0.15) is 5.10 Å². The number of rotatable bonds is 4. The van der Waals surface area contributed by atoms with Crippen LogP contribution < -0.4 is 11.1 Å². The van der Waals surface area contributed by atoms with Crippen molar-refractivity contribution in [1.29, 1.82) is 0 Å². The van der Waals surface area contributed by atoms with Gasteiger partial charge in [-0.1, -0.05) is 0 Å². The maximum absolute atomic E-state index is 5.38. The summed E-state index contributed by atoms with van der Waals surface area (Å²) in [6.07, 6.45) is 2.83. The zero-order chi connectivity index (χ0) is 8.97. The number of nitrogens with two attached hydrogens (primary N) is 1. The van der Waals surface area contributed by atoms with Gasteiger partial charge in [0, 0.05) is 13.6 Å². The minimum absolute atomic E-state index is 0.728. The van der Waals surface area contributed by atoms with E-state index in [0.29, 0.717) is 0 Å². The standard InChI is InChI=1S/C8H16N4/c1-7-8(6-11-12(7)2)10-5-3-4-9/h6,10H,3-5,9H2,1-2H3. The molecule has 4 heteroatoms. The molecule has 0 saturated heterocycles. The fraction of sp³-hybridized carbons (Fsp3) is 0.625. The summed E-state index contributed by atoms with van der Waals surface area (Å²) in [6.45, 7) is 3.69. The number of nitrogens with zero attached hydrogens (tertiary/aromatic N) is 2. The number of nitrogens with one attached hydrogen (secondary N) is 1. The Balaban J connectivity index is 2.46. The third kappa shape index (κ3) is 1.98. The Morgan fingerprint density at radius 2 is 2.42 bits per heavy atom. The molecule has 0 amide bonds. The normalized spacial score (nSPS) is 10.2. The molecule has 4 nitrogen and oxygen atoms in total. The molecule has 12 heavy (non-hydrogen) atoms. The SMILES string of the molecule is Cc1c(NCCCN)cnn1C. The maximum Gasteiger partial charge on any atom is 0.0756 e. The number of aryl methyl sites for hydroxylation is 1. The molecular weight excluding hydrogens is 152 g/mol. The highest BCUT2D eigenvalue weighted by molar-refractivity contribution is 5.45. The Bertz CT molecular complexity index is 241. The minimum Gasteiger partial charge on any atom is -0.382 e. The van der Waals surface area contributed by atoms with E-state index in [1.54, 1.807) is 0 Å². The van der Waals surface area contributed by atoms with Crippen LogP contribution in [0.2, 0.25) is 0 Å². The Hall–Kier alpha value is -1.03. The van der Waals surface area contributed by atoms with E-state index in [9.17, 15) is 0 Å². The van der Waals surface area contributed by atoms with E-state index < -0.39 is 0 Å². The zero-order valence-corrected chi connectivity index (χ0v) is 7.67. The lowest BCUT2D eigenvalue weighted by Crippen LogP contribution is -2.08. The van der Waals surface area contributed by atoms with Crippen molar-refractivity contribution >= 4 is 5.69 Å². The number of anilines is 1. The van der Waals surface area contributed by atoms with Crippen molar-refractivity contribution in [2.75, 3.05) is 18.4 Å². The van der Waals surface area contributed by atoms with Crippen molar-refractivity contribution in [3.05, 3.63) is 11.9 Å². The van der Waals surface area contributed by atoms with Gasteiger partial charge in [-0.05, 0) is 19.9 Å². The second kappa shape index (κ2) is 4.11. The van der Waals surface area contributed by atoms with Crippen LogP contribution in [0.1, 0.15) is 12.1 Å². The molecule has 0 fully saturated rings. The van der Waals surface area contributed by atoms with Crippen LogP contribution in [0.15, 0.2) is 6.20 Å². The van der Waals surface area contributed by atoms with E-state index in [-0.39, 0.29) is 0 Å². The molecule has 0 radical (unpaired) electrons. The summed E-state index contributed by atoms with van der Waals surface area (Å²) < 4.78 is 1.85. The summed E-state index contributed by atoms with van der Waals surface area (Å²) in [5.41, 5.74) is 7.64. The summed E-state index contributed by atoms with van der Waals surface area (Å²) in [6, 6.07) is 0. The molecule has 0 spiro atoms. The largest absolute Gasteiger partial charge is 0.382 e. The lowest BCUT2D eigenvalue weighted by atomic mass is 10.3. The Labute approximate surface area is 72.8 Å². The van der Waals surface area contributed by atoms with Crippen LogP contribution in [0.5, 0.6) is 0 Å². The van der Waals surface area contributed by atoms with E-state index in [1.807, 2.05) is 24.9 Å². The Kier molecular flexibility index (Phi) is 3.10. The molecule has 0 aromatic carbocycles. The molecule has 0 aliphatic carbocycles. The molecule has 1 heterocycles. The fourth-order valence-corrected chi connectivity index (χ4v) is 0.997. The molecule has 0 atom stereocenters. The van der Waals surface area contributed by atoms with Gasteiger partial charge >= 0.3 is 0 Å². The first-order valence-electron chi connectivity index (χ1n) is 4.18. The summed E-state index contributed by atoms with van der Waals surface area (Å²) in [4.78, 5) is 0. The van der Waals surface area contributed by atoms with Crippen LogP contribution in [0.3, 0.4) is 0 Å². The van der Waals surface area contributed by atoms with Gasteiger partial charge in [0.15, 0.2) is 0 Å². The monoisotopic (exact) mass is 168 g/mol. The van der Waals surface area contributed by atoms with Crippen LogP contribution in [0.4, 0.5) is 5.69 Å². The van der Waals surface area contributed by atoms with Gasteiger partial charge in [-0.25, -0.2) is 0 Å². The van der Waals surface area contributed by atoms with E-state index in [4.69, 9.17) is 5.73 Å². The predicted octanol–water partition coefficient (Wildman–Crippen LogP) is 0.489. The summed E-state index contributed by atoms with van der Waals surface area (Å²) >= 11 is 0. The van der Waals surface area contributed by atoms with Crippen molar-refractivity contribution in [1.82, 2.24) is 9.78 Å². The molecule has 68 valence electrons. The molecule has 3 N–H and O–H groups in total. The molecule has 0 bridgehead atoms. The van der Waals surface area contributed by atoms with E-state index in [2.05, 4.69) is 10.4 Å². The molecule has 0 aliphatic rings. The number of aromatic nitrogens is 2. The molecule has 1 aromatic heterocycles. The van der Waals surface area contributed by atoms with Crippen molar-refractivity contribution in [2.45, 2.75) is 13.3 Å². The van der Waals surface area contributed by atoms with E-state index >= 15 is 0 Å². The van der Waals surface area contributed by atoms with Gasteiger partial charge in [0.1, 0.15) is 0 Å². The highest BCUT2D eigenvalue weighted by Crippen LogP contribution is 2.11. The number of hydrogen-bond donors (Lipinski definition) is 2. The quantitative estimate of drug-likeness (QED) is 0.643. The van der Waals surface area contributed by atoms with Gasteiger partial charge in [-0.3, -0.25) is 4.68 Å². The average Bonchev–Trinajstić information content (AvgIpc) is 2.36. The lowest BCUT2D eigenvalue weighted by molar-refractivity contribution is 0.740. The molecule has 0 saturated carbocycles. The summed E-state index contributed by atoms with van der Waals surface area (Å²) in [7, 11) is 1.93. The van der Waals surface area contributed by atoms with Crippen LogP contribution in [0, 0.1) is 6.92 Å². The lowest BCUT2D eigenvalue weighted by Gasteiger charge is -2.03. The molecule has 1 aromatic rings. The molecular formula is C8H16N4. The van der Waals surface area contributed by atoms with Crippen molar-refractivity contribution in [3.63, 3.8) is 0 Å². The van der Waals surface area contributed by atoms with Gasteiger partial charge in [0.25, 0.3) is 0 Å². The first-order chi connectivity index (χ1) is 5.75. The maximum atomic E-state index is 5.38. The second-order valence-electron chi connectivity index (χ2n) is 2.84. The van der Waals surface area contributed by atoms with E-state index in [1.165, 1.54) is 0 Å². The van der Waals surface area contributed by atoms with Gasteiger partial charge in [-0.15, -0.1) is 0 Å². The van der Waals surface area contributed by atoms with Crippen LogP contribution in [0.25, 0.3) is 0 Å². The minimum atomic E-state index is 0.728. The third-order valence-electron chi connectivity index (χ3n) is 1.93. The Morgan fingerprint density at radius 1 is 1.67 bits per heavy atom. The molecule has 0 unspecified atom stereocenters. The molecule has 1 rings (SSSR count). The van der Waals surface area contributed by atoms with E-state index in [0.717, 1.165) is 30.9 Å². The topological polar surface area (TPSA) is 55.9 Å². The summed E-state index contributed by atoms with van der Waals surface area (Å²) in [5.74, 6) is 0. The smallest absolute Gasteiger partial charge is 0.0756 e. The third-order valence-corrected chi connectivity index (χ3v) is 1.93. The van der Waals surface area contributed by atoms with Crippen molar-refractivity contribution in [2.24, 2.45) is 12.8 Å². The number of hydrogen-bond acceptors (Lipinski definition) is 3. The van der Waals surface area contributed by atoms with Gasteiger partial charge in [0.05, 0.1) is 17.6 Å². The zero-order valence-electron chi connectivity index (χ0n) is 7.67. The van der Waals surface area contributed by atoms with Gasteiger partial charge in [0.2, 0.25) is 0 Å². The highest BCUT2D eigenvalue weighted by atomic mass is 15.3. The Morgan fingerprint density at radius 3 is 2.92 bits per heavy atom. The van der Waals surface area contributed by atoms with Crippen molar-refractivity contribution in [3.8, 4) is 0 Å². The van der Waals surface area contributed by atoms with Crippen molar-refractivity contribution < 1.29 is 0 Å². The first kappa shape index (κ1) is 9.06. The van der Waals surface area contributed by atoms with Crippen LogP contribution >= 0.6 is 0 Å². The second-order valence-corrected chi connectivity index (χ2v) is 2.84. The van der Waals surface area contributed by atoms with Gasteiger partial charge < -0.3 is 11.1 Å². The average molecular weight is 168 g/mol. The predicted molar refractivity (Wildman–Crippen MR) is 50.1 cm³/mol. The van der Waals surface area contributed by atoms with Crippen LogP contribution in [-0.2, 0) is 7.05 Å². The molecule has 0 aliphatic heterocycles. The first-order valence-corrected chi connectivity index (χ1v) is 4.18. The summed E-state index contributed by atoms with van der Waals surface area (Å²) in [5, 5.41) is 7.39. The van der Waals surface area contributed by atoms with Crippen LogP contribution in [-0.4, -0.2) is 22.9 Å².